The van der Waals surface area contributed by atoms with Crippen LogP contribution in [0.1, 0.15) is 32.7 Å². The topological polar surface area (TPSA) is 95.3 Å². The Morgan fingerprint density at radius 2 is 2.11 bits per heavy atom. The third-order valence-corrected chi connectivity index (χ3v) is 3.47. The third kappa shape index (κ3) is 1.80. The van der Waals surface area contributed by atoms with E-state index in [9.17, 15) is 0 Å². The number of anilines is 1. The molecule has 0 saturated carbocycles. The van der Waals surface area contributed by atoms with Gasteiger partial charge in [-0.15, -0.1) is 0 Å². The van der Waals surface area contributed by atoms with Crippen LogP contribution in [0.3, 0.4) is 0 Å². The number of hydrogen-bond donors (Lipinski definition) is 1. The standard InChI is InChI=1S/C12H16N4O3/c1-6-8-9(19-12(2,3)18-8)11(17-6)16-5-15-7(4-13)10(16)14/h5-6,8-9,11H,14H2,1-3H3/t6-,8-,9-,11-/m1/s1. The molecule has 2 fully saturated rings. The number of hydrogen-bond acceptors (Lipinski definition) is 6. The number of ether oxygens (including phenoxy) is 3. The van der Waals surface area contributed by atoms with Gasteiger partial charge in [0.2, 0.25) is 0 Å². The molecule has 102 valence electrons. The van der Waals surface area contributed by atoms with E-state index >= 15 is 0 Å². The number of nitrogen functional groups attached to an aromatic ring is 1. The zero-order valence-corrected chi connectivity index (χ0v) is 11.0. The van der Waals surface area contributed by atoms with Crippen LogP contribution in [0.2, 0.25) is 0 Å². The summed E-state index contributed by atoms with van der Waals surface area (Å²) in [5.74, 6) is -0.354. The van der Waals surface area contributed by atoms with Crippen molar-refractivity contribution in [3.8, 4) is 6.07 Å². The van der Waals surface area contributed by atoms with Crippen molar-refractivity contribution in [3.63, 3.8) is 0 Å². The largest absolute Gasteiger partial charge is 0.383 e. The molecule has 4 atom stereocenters. The summed E-state index contributed by atoms with van der Waals surface area (Å²) in [4.78, 5) is 3.95. The van der Waals surface area contributed by atoms with Crippen molar-refractivity contribution in [3.05, 3.63) is 12.0 Å². The highest BCUT2D eigenvalue weighted by atomic mass is 16.8. The number of aromatic nitrogens is 2. The van der Waals surface area contributed by atoms with Gasteiger partial charge < -0.3 is 19.9 Å². The molecule has 2 saturated heterocycles. The lowest BCUT2D eigenvalue weighted by Crippen LogP contribution is -2.28. The summed E-state index contributed by atoms with van der Waals surface area (Å²) < 4.78 is 19.2. The number of fused-ring (bicyclic) bond motifs is 1. The summed E-state index contributed by atoms with van der Waals surface area (Å²) >= 11 is 0. The molecule has 0 spiro atoms. The average molecular weight is 264 g/mol. The number of imidazole rings is 1. The van der Waals surface area contributed by atoms with Crippen LogP contribution in [0.15, 0.2) is 6.33 Å². The van der Waals surface area contributed by atoms with Crippen molar-refractivity contribution in [2.75, 3.05) is 5.73 Å². The molecule has 0 aromatic carbocycles. The van der Waals surface area contributed by atoms with Crippen LogP contribution in [0.25, 0.3) is 0 Å². The Morgan fingerprint density at radius 3 is 2.74 bits per heavy atom. The molecule has 2 aliphatic rings. The zero-order chi connectivity index (χ0) is 13.8. The maximum absolute atomic E-state index is 8.89. The minimum atomic E-state index is -0.640. The third-order valence-electron chi connectivity index (χ3n) is 3.47. The van der Waals surface area contributed by atoms with Crippen LogP contribution in [0.5, 0.6) is 0 Å². The molecule has 2 N–H and O–H groups in total. The van der Waals surface area contributed by atoms with Crippen LogP contribution in [-0.2, 0) is 14.2 Å². The Balaban J connectivity index is 1.94. The van der Waals surface area contributed by atoms with Crippen molar-refractivity contribution >= 4 is 5.82 Å². The van der Waals surface area contributed by atoms with E-state index in [1.807, 2.05) is 26.8 Å². The first kappa shape index (κ1) is 12.4. The average Bonchev–Trinajstić information content (AvgIpc) is 2.93. The van der Waals surface area contributed by atoms with Gasteiger partial charge in [0.25, 0.3) is 0 Å². The van der Waals surface area contributed by atoms with E-state index in [-0.39, 0.29) is 29.8 Å². The lowest BCUT2D eigenvalue weighted by Gasteiger charge is -2.24. The molecule has 3 rings (SSSR count). The predicted molar refractivity (Wildman–Crippen MR) is 64.8 cm³/mol. The van der Waals surface area contributed by atoms with Crippen LogP contribution < -0.4 is 5.73 Å². The highest BCUT2D eigenvalue weighted by Crippen LogP contribution is 2.43. The van der Waals surface area contributed by atoms with Gasteiger partial charge in [-0.1, -0.05) is 0 Å². The minimum absolute atomic E-state index is 0.107. The van der Waals surface area contributed by atoms with E-state index in [2.05, 4.69) is 4.98 Å². The summed E-state index contributed by atoms with van der Waals surface area (Å²) in [6.45, 7) is 5.67. The van der Waals surface area contributed by atoms with Gasteiger partial charge in [0.1, 0.15) is 30.4 Å². The second kappa shape index (κ2) is 3.93. The molecular formula is C12H16N4O3. The fraction of sp³-hybridized carbons (Fsp3) is 0.667. The fourth-order valence-corrected chi connectivity index (χ4v) is 2.66. The van der Waals surface area contributed by atoms with Gasteiger partial charge in [0, 0.05) is 0 Å². The smallest absolute Gasteiger partial charge is 0.182 e. The first-order valence-corrected chi connectivity index (χ1v) is 6.16. The van der Waals surface area contributed by atoms with Gasteiger partial charge in [-0.05, 0) is 20.8 Å². The quantitative estimate of drug-likeness (QED) is 0.805. The summed E-state index contributed by atoms with van der Waals surface area (Å²) in [5.41, 5.74) is 6.08. The Hall–Kier alpha value is -1.62. The molecule has 3 heterocycles. The normalized spacial score (nSPS) is 36.1. The van der Waals surface area contributed by atoms with Gasteiger partial charge in [-0.3, -0.25) is 4.57 Å². The first-order valence-electron chi connectivity index (χ1n) is 6.16. The first-order chi connectivity index (χ1) is 8.93. The van der Waals surface area contributed by atoms with Gasteiger partial charge in [-0.2, -0.15) is 5.26 Å². The molecule has 19 heavy (non-hydrogen) atoms. The number of nitrogens with zero attached hydrogens (tertiary/aromatic N) is 3. The highest BCUT2D eigenvalue weighted by Gasteiger charge is 2.54. The molecule has 2 aliphatic heterocycles. The number of nitriles is 1. The molecule has 0 unspecified atom stereocenters. The van der Waals surface area contributed by atoms with Crippen LogP contribution in [0.4, 0.5) is 5.82 Å². The van der Waals surface area contributed by atoms with Gasteiger partial charge in [0.05, 0.1) is 6.10 Å². The summed E-state index contributed by atoms with van der Waals surface area (Å²) in [6.07, 6.45) is 0.573. The monoisotopic (exact) mass is 264 g/mol. The molecule has 1 aromatic heterocycles. The van der Waals surface area contributed by atoms with Crippen molar-refractivity contribution in [2.24, 2.45) is 0 Å². The molecule has 7 heteroatoms. The summed E-state index contributed by atoms with van der Waals surface area (Å²) in [5, 5.41) is 8.89. The second-order valence-corrected chi connectivity index (χ2v) is 5.29. The van der Waals surface area contributed by atoms with Crippen molar-refractivity contribution in [1.29, 1.82) is 5.26 Å². The van der Waals surface area contributed by atoms with E-state index in [1.54, 1.807) is 4.57 Å². The summed E-state index contributed by atoms with van der Waals surface area (Å²) in [6, 6.07) is 1.94. The van der Waals surface area contributed by atoms with Crippen molar-refractivity contribution in [2.45, 2.75) is 51.1 Å². The fourth-order valence-electron chi connectivity index (χ4n) is 2.66. The summed E-state index contributed by atoms with van der Waals surface area (Å²) in [7, 11) is 0. The Labute approximate surface area is 110 Å². The lowest BCUT2D eigenvalue weighted by molar-refractivity contribution is -0.194. The number of rotatable bonds is 1. The van der Waals surface area contributed by atoms with Gasteiger partial charge in [-0.25, -0.2) is 4.98 Å². The molecular weight excluding hydrogens is 248 g/mol. The van der Waals surface area contributed by atoms with E-state index < -0.39 is 12.0 Å². The SMILES string of the molecule is C[C@H]1O[C@@H](n2cnc(C#N)c2N)[C@@H]2OC(C)(C)O[C@@H]21. The maximum atomic E-state index is 8.89. The van der Waals surface area contributed by atoms with E-state index in [1.165, 1.54) is 6.33 Å². The maximum Gasteiger partial charge on any atom is 0.182 e. The van der Waals surface area contributed by atoms with E-state index in [0.29, 0.717) is 0 Å². The van der Waals surface area contributed by atoms with Crippen molar-refractivity contribution in [1.82, 2.24) is 9.55 Å². The van der Waals surface area contributed by atoms with E-state index in [0.717, 1.165) is 0 Å². The second-order valence-electron chi connectivity index (χ2n) is 5.29. The Kier molecular flexibility index (Phi) is 2.57. The predicted octanol–water partition coefficient (Wildman–Crippen LogP) is 0.774. The van der Waals surface area contributed by atoms with Gasteiger partial charge >= 0.3 is 0 Å². The van der Waals surface area contributed by atoms with Gasteiger partial charge in [0.15, 0.2) is 17.7 Å². The van der Waals surface area contributed by atoms with Crippen LogP contribution in [0, 0.1) is 11.3 Å². The zero-order valence-electron chi connectivity index (χ0n) is 11.0. The van der Waals surface area contributed by atoms with E-state index in [4.69, 9.17) is 25.2 Å². The number of nitrogens with two attached hydrogens (primary N) is 1. The van der Waals surface area contributed by atoms with Crippen LogP contribution >= 0.6 is 0 Å². The molecule has 7 nitrogen and oxygen atoms in total. The molecule has 1 aromatic rings. The molecule has 0 amide bonds. The van der Waals surface area contributed by atoms with Crippen molar-refractivity contribution < 1.29 is 14.2 Å². The molecule has 0 radical (unpaired) electrons. The molecule has 0 aliphatic carbocycles. The minimum Gasteiger partial charge on any atom is -0.383 e. The van der Waals surface area contributed by atoms with Crippen LogP contribution in [-0.4, -0.2) is 33.7 Å². The molecule has 0 bridgehead atoms. The Bertz CT molecular complexity index is 548. The lowest BCUT2D eigenvalue weighted by atomic mass is 10.1. The highest BCUT2D eigenvalue weighted by molar-refractivity contribution is 5.44. The Morgan fingerprint density at radius 1 is 1.42 bits per heavy atom.